The van der Waals surface area contributed by atoms with E-state index in [1.54, 1.807) is 0 Å². The Hall–Kier alpha value is -0.610. The van der Waals surface area contributed by atoms with Crippen LogP contribution in [0.25, 0.3) is 0 Å². The molecule has 0 aliphatic heterocycles. The lowest BCUT2D eigenvalue weighted by Crippen LogP contribution is -2.49. The summed E-state index contributed by atoms with van der Waals surface area (Å²) in [4.78, 5) is 14.0. The quantitative estimate of drug-likeness (QED) is 0.657. The van der Waals surface area contributed by atoms with Crippen LogP contribution in [0.15, 0.2) is 0 Å². The van der Waals surface area contributed by atoms with Crippen LogP contribution in [0.5, 0.6) is 0 Å². The first kappa shape index (κ1) is 16.4. The number of hydrogen-bond donors (Lipinski definition) is 1. The van der Waals surface area contributed by atoms with Gasteiger partial charge in [0.25, 0.3) is 0 Å². The SMILES string of the molecule is CCOC(=O)C(CN(C)CC(C)C)NC(C)C. The highest BCUT2D eigenvalue weighted by atomic mass is 16.5. The average molecular weight is 244 g/mol. The number of ether oxygens (including phenoxy) is 1. The van der Waals surface area contributed by atoms with Crippen LogP contribution in [0, 0.1) is 5.92 Å². The maximum atomic E-state index is 11.8. The predicted octanol–water partition coefficient (Wildman–Crippen LogP) is 1.50. The van der Waals surface area contributed by atoms with E-state index in [1.165, 1.54) is 0 Å². The van der Waals surface area contributed by atoms with Crippen LogP contribution in [0.3, 0.4) is 0 Å². The Morgan fingerprint density at radius 2 is 1.82 bits per heavy atom. The number of carbonyl (C=O) groups is 1. The lowest BCUT2D eigenvalue weighted by atomic mass is 10.2. The maximum Gasteiger partial charge on any atom is 0.324 e. The number of nitrogens with one attached hydrogen (secondary N) is 1. The number of hydrogen-bond acceptors (Lipinski definition) is 4. The zero-order chi connectivity index (χ0) is 13.4. The third-order valence-corrected chi connectivity index (χ3v) is 2.28. The van der Waals surface area contributed by atoms with Gasteiger partial charge in [0.1, 0.15) is 6.04 Å². The molecule has 0 aromatic heterocycles. The van der Waals surface area contributed by atoms with E-state index < -0.39 is 0 Å². The van der Waals surface area contributed by atoms with Crippen LogP contribution >= 0.6 is 0 Å². The van der Waals surface area contributed by atoms with Gasteiger partial charge >= 0.3 is 5.97 Å². The van der Waals surface area contributed by atoms with Crippen LogP contribution in [0.1, 0.15) is 34.6 Å². The lowest BCUT2D eigenvalue weighted by molar-refractivity contribution is -0.146. The van der Waals surface area contributed by atoms with Gasteiger partial charge in [0, 0.05) is 19.1 Å². The fraction of sp³-hybridized carbons (Fsp3) is 0.923. The molecule has 0 saturated carbocycles. The summed E-state index contributed by atoms with van der Waals surface area (Å²) in [5.74, 6) is 0.443. The summed E-state index contributed by atoms with van der Waals surface area (Å²) in [7, 11) is 2.04. The van der Waals surface area contributed by atoms with Crippen LogP contribution in [-0.4, -0.2) is 49.7 Å². The maximum absolute atomic E-state index is 11.8. The number of rotatable bonds is 8. The molecule has 102 valence electrons. The molecule has 0 heterocycles. The van der Waals surface area contributed by atoms with Gasteiger partial charge in [-0.2, -0.15) is 0 Å². The zero-order valence-corrected chi connectivity index (χ0v) is 12.1. The van der Waals surface area contributed by atoms with Gasteiger partial charge in [-0.15, -0.1) is 0 Å². The molecule has 0 aliphatic carbocycles. The van der Waals surface area contributed by atoms with Crippen LogP contribution in [-0.2, 0) is 9.53 Å². The Kier molecular flexibility index (Phi) is 8.17. The second kappa shape index (κ2) is 8.48. The second-order valence-corrected chi connectivity index (χ2v) is 5.24. The van der Waals surface area contributed by atoms with E-state index in [0.717, 1.165) is 6.54 Å². The topological polar surface area (TPSA) is 41.6 Å². The first-order chi connectivity index (χ1) is 7.86. The van der Waals surface area contributed by atoms with E-state index in [9.17, 15) is 4.79 Å². The molecule has 0 aromatic rings. The molecule has 17 heavy (non-hydrogen) atoms. The highest BCUT2D eigenvalue weighted by Gasteiger charge is 2.22. The van der Waals surface area contributed by atoms with Crippen molar-refractivity contribution < 1.29 is 9.53 Å². The molecule has 0 rings (SSSR count). The molecule has 4 nitrogen and oxygen atoms in total. The molecule has 0 spiro atoms. The van der Waals surface area contributed by atoms with E-state index in [-0.39, 0.29) is 18.1 Å². The van der Waals surface area contributed by atoms with Crippen molar-refractivity contribution in [3.05, 3.63) is 0 Å². The normalized spacial score (nSPS) is 13.5. The van der Waals surface area contributed by atoms with E-state index in [0.29, 0.717) is 19.1 Å². The van der Waals surface area contributed by atoms with Crippen molar-refractivity contribution in [3.63, 3.8) is 0 Å². The molecule has 1 atom stereocenters. The van der Waals surface area contributed by atoms with Crippen molar-refractivity contribution in [1.29, 1.82) is 0 Å². The highest BCUT2D eigenvalue weighted by Crippen LogP contribution is 2.00. The summed E-state index contributed by atoms with van der Waals surface area (Å²) in [6.45, 7) is 12.4. The second-order valence-electron chi connectivity index (χ2n) is 5.24. The molecule has 0 aromatic carbocycles. The molecule has 0 amide bonds. The minimum absolute atomic E-state index is 0.156. The summed E-state index contributed by atoms with van der Waals surface area (Å²) in [5.41, 5.74) is 0. The fourth-order valence-corrected chi connectivity index (χ4v) is 1.85. The molecule has 0 radical (unpaired) electrons. The first-order valence-electron chi connectivity index (χ1n) is 6.48. The van der Waals surface area contributed by atoms with E-state index in [4.69, 9.17) is 4.74 Å². The summed E-state index contributed by atoms with van der Waals surface area (Å²) < 4.78 is 5.08. The summed E-state index contributed by atoms with van der Waals surface area (Å²) in [5, 5.41) is 3.25. The third kappa shape index (κ3) is 8.16. The largest absolute Gasteiger partial charge is 0.465 e. The van der Waals surface area contributed by atoms with Gasteiger partial charge in [0.05, 0.1) is 6.61 Å². The van der Waals surface area contributed by atoms with Crippen molar-refractivity contribution in [2.75, 3.05) is 26.7 Å². The van der Waals surface area contributed by atoms with Gasteiger partial charge in [0.2, 0.25) is 0 Å². The van der Waals surface area contributed by atoms with E-state index in [1.807, 2.05) is 27.8 Å². The highest BCUT2D eigenvalue weighted by molar-refractivity contribution is 5.76. The Bertz CT molecular complexity index is 217. The lowest BCUT2D eigenvalue weighted by Gasteiger charge is -2.26. The van der Waals surface area contributed by atoms with Crippen molar-refractivity contribution in [2.24, 2.45) is 5.92 Å². The smallest absolute Gasteiger partial charge is 0.324 e. The molecule has 1 N–H and O–H groups in total. The molecule has 0 fully saturated rings. The Balaban J connectivity index is 4.31. The minimum Gasteiger partial charge on any atom is -0.465 e. The molecular formula is C13H28N2O2. The standard InChI is InChI=1S/C13H28N2O2/c1-7-17-13(16)12(14-11(4)5)9-15(6)8-10(2)3/h10-12,14H,7-9H2,1-6H3. The van der Waals surface area contributed by atoms with E-state index in [2.05, 4.69) is 24.1 Å². The zero-order valence-electron chi connectivity index (χ0n) is 12.1. The minimum atomic E-state index is -0.237. The summed E-state index contributed by atoms with van der Waals surface area (Å²) >= 11 is 0. The molecular weight excluding hydrogens is 216 g/mol. The van der Waals surface area contributed by atoms with Crippen LogP contribution in [0.2, 0.25) is 0 Å². The molecule has 1 unspecified atom stereocenters. The Labute approximate surface area is 106 Å². The monoisotopic (exact) mass is 244 g/mol. The first-order valence-corrected chi connectivity index (χ1v) is 6.48. The van der Waals surface area contributed by atoms with Gasteiger partial charge in [-0.05, 0) is 19.9 Å². The number of nitrogens with zero attached hydrogens (tertiary/aromatic N) is 1. The summed E-state index contributed by atoms with van der Waals surface area (Å²) in [6.07, 6.45) is 0. The van der Waals surface area contributed by atoms with Crippen molar-refractivity contribution >= 4 is 5.97 Å². The fourth-order valence-electron chi connectivity index (χ4n) is 1.85. The van der Waals surface area contributed by atoms with Gasteiger partial charge in [-0.3, -0.25) is 4.79 Å². The summed E-state index contributed by atoms with van der Waals surface area (Å²) in [6, 6.07) is 0.0376. The van der Waals surface area contributed by atoms with Gasteiger partial charge in [0.15, 0.2) is 0 Å². The molecule has 4 heteroatoms. The molecule has 0 aliphatic rings. The van der Waals surface area contributed by atoms with E-state index >= 15 is 0 Å². The van der Waals surface area contributed by atoms with Crippen molar-refractivity contribution in [1.82, 2.24) is 10.2 Å². The third-order valence-electron chi connectivity index (χ3n) is 2.28. The Morgan fingerprint density at radius 1 is 1.24 bits per heavy atom. The van der Waals surface area contributed by atoms with Crippen LogP contribution < -0.4 is 5.32 Å². The van der Waals surface area contributed by atoms with Gasteiger partial charge < -0.3 is 15.0 Å². The number of carbonyl (C=O) groups excluding carboxylic acids is 1. The van der Waals surface area contributed by atoms with Gasteiger partial charge in [-0.25, -0.2) is 0 Å². The van der Waals surface area contributed by atoms with Gasteiger partial charge in [-0.1, -0.05) is 27.7 Å². The van der Waals surface area contributed by atoms with Crippen LogP contribution in [0.4, 0.5) is 0 Å². The number of esters is 1. The molecule has 0 saturated heterocycles. The number of likely N-dealkylation sites (N-methyl/N-ethyl adjacent to an activating group) is 1. The Morgan fingerprint density at radius 3 is 2.24 bits per heavy atom. The predicted molar refractivity (Wildman–Crippen MR) is 71.0 cm³/mol. The van der Waals surface area contributed by atoms with Crippen molar-refractivity contribution in [3.8, 4) is 0 Å². The van der Waals surface area contributed by atoms with Crippen molar-refractivity contribution in [2.45, 2.75) is 46.7 Å². The average Bonchev–Trinajstić information content (AvgIpc) is 2.14. The molecule has 0 bridgehead atoms.